The molecule has 6 amide bonds. The van der Waals surface area contributed by atoms with Crippen molar-refractivity contribution in [2.75, 3.05) is 26.2 Å². The average Bonchev–Trinajstić information content (AvgIpc) is 1.77. The zero-order chi connectivity index (χ0) is 70.9. The van der Waals surface area contributed by atoms with Crippen molar-refractivity contribution in [3.8, 4) is 0 Å². The molecule has 4 unspecified atom stereocenters. The van der Waals surface area contributed by atoms with Crippen LogP contribution in [0.4, 0.5) is 0 Å². The van der Waals surface area contributed by atoms with Crippen molar-refractivity contribution in [3.63, 3.8) is 0 Å². The molecule has 0 spiro atoms. The number of carbonyl (C=O) groups is 10. The number of ether oxygens (including phenoxy) is 4. The zero-order valence-electron chi connectivity index (χ0n) is 50.4. The Morgan fingerprint density at radius 1 is 0.515 bits per heavy atom. The number of carboxylic acids is 4. The summed E-state index contributed by atoms with van der Waals surface area (Å²) in [5, 5.41) is 180. The number of aliphatic hydroxyl groups is 12. The molecule has 0 aromatic carbocycles. The Kier molecular flexibility index (Phi) is 42.6. The Morgan fingerprint density at radius 2 is 0.794 bits per heavy atom. The van der Waals surface area contributed by atoms with E-state index >= 15 is 0 Å². The van der Waals surface area contributed by atoms with E-state index in [0.717, 1.165) is 50.5 Å². The van der Waals surface area contributed by atoms with Crippen LogP contribution in [-0.2, 0) is 66.9 Å². The van der Waals surface area contributed by atoms with Crippen molar-refractivity contribution in [2.24, 2.45) is 16.8 Å². The topological polar surface area (TPSA) is 690 Å². The summed E-state index contributed by atoms with van der Waals surface area (Å²) in [7, 11) is 0. The number of nitrogens with zero attached hydrogens (tertiary/aromatic N) is 3. The van der Waals surface area contributed by atoms with E-state index in [1.807, 2.05) is 6.92 Å². The van der Waals surface area contributed by atoms with Gasteiger partial charge in [-0.3, -0.25) is 28.8 Å². The summed E-state index contributed by atoms with van der Waals surface area (Å²) in [5.41, 5.74) is 13.4. The zero-order valence-corrected chi connectivity index (χ0v) is 50.4. The number of unbranched alkanes of at least 4 members (excludes halogenated alkanes) is 1. The third kappa shape index (κ3) is 29.9. The minimum atomic E-state index is -1.74. The molecule has 1 saturated carbocycles. The largest absolute Gasteiger partial charge is 0.542 e. The summed E-state index contributed by atoms with van der Waals surface area (Å²) < 4.78 is 20.1. The van der Waals surface area contributed by atoms with E-state index in [4.69, 9.17) is 30.2 Å². The Bertz CT molecular complexity index is 2780. The molecule has 0 saturated heterocycles. The first-order valence-electron chi connectivity index (χ1n) is 28.3. The molecule has 0 radical (unpaired) electrons. The Balaban J connectivity index is -0.00000120. The molecule has 4 aliphatic heterocycles. The predicted octanol–water partition coefficient (Wildman–Crippen LogP) is -11.9. The molecular weight excluding hydrogens is 1300 g/mol. The van der Waals surface area contributed by atoms with Gasteiger partial charge < -0.3 is 157 Å². The molecular formula is C57H94N10O30-4. The van der Waals surface area contributed by atoms with Gasteiger partial charge in [0.25, 0.3) is 0 Å². The van der Waals surface area contributed by atoms with Crippen LogP contribution in [0.2, 0.25) is 0 Å². The highest BCUT2D eigenvalue weighted by Gasteiger charge is 2.46. The second kappa shape index (κ2) is 44.5. The van der Waals surface area contributed by atoms with Crippen molar-refractivity contribution in [3.05, 3.63) is 57.8 Å². The number of nitrogens with two attached hydrogens (primary N) is 1. The summed E-state index contributed by atoms with van der Waals surface area (Å²) in [5.74, 6) is -12.6. The van der Waals surface area contributed by atoms with Crippen LogP contribution < -0.4 is 58.1 Å². The van der Waals surface area contributed by atoms with E-state index in [1.54, 1.807) is 0 Å². The van der Waals surface area contributed by atoms with E-state index in [1.165, 1.54) is 20.8 Å². The number of nitrogens with one attached hydrogen (secondary N) is 6. The number of aliphatic carboxylic acids is 4. The number of carboxylic acid groups (broad SMARTS) is 4. The highest BCUT2D eigenvalue weighted by atomic mass is 16.6. The molecule has 0 aromatic heterocycles. The van der Waals surface area contributed by atoms with Crippen molar-refractivity contribution >= 4 is 59.3 Å². The maximum atomic E-state index is 11.6. The second-order valence-corrected chi connectivity index (χ2v) is 21.3. The molecule has 20 atom stereocenters. The van der Waals surface area contributed by atoms with Gasteiger partial charge in [0.2, 0.25) is 35.4 Å². The molecule has 20 N–H and O–H groups in total. The SMILES string of the molecule is C.C.C.C.CC(=O)N[C@H]1C([C@H](O)[C@H](O)CN)OC(C(=O)[O-])=C[C@H]1O.CC(=O)N[C@H]1C([C@H](O)[C@H](O)CN=[N+]=[N-])OC(C(=O)[O-])=C[C@H]1O.CC(=O)N[C@H]1C([C@H](O)[C@H](O)CNC(=O)C2CC2)OC(C(=O)[O-])=C[C@H]1O.CCCCC(=O)NC[C@@H](O)[C@@H](O)C1OC(C(=O)[O-])=C[C@@H](O)[C@H]1NC(C)=O. The monoisotopic (exact) mass is 1400 g/mol. The molecule has 556 valence electrons. The molecule has 4 heterocycles. The first-order valence-corrected chi connectivity index (χ1v) is 28.3. The molecule has 5 rings (SSSR count). The number of hydrogen-bond donors (Lipinski definition) is 19. The van der Waals surface area contributed by atoms with Gasteiger partial charge in [-0.05, 0) is 49.1 Å². The van der Waals surface area contributed by atoms with Crippen LogP contribution in [0.5, 0.6) is 0 Å². The average molecular weight is 1400 g/mol. The van der Waals surface area contributed by atoms with Gasteiger partial charge in [-0.15, -0.1) is 0 Å². The lowest BCUT2D eigenvalue weighted by Gasteiger charge is -2.39. The number of aliphatic hydroxyl groups excluding tert-OH is 12. The normalized spacial score (nSPS) is 25.9. The van der Waals surface area contributed by atoms with Crippen LogP contribution in [0.15, 0.2) is 52.5 Å². The van der Waals surface area contributed by atoms with Gasteiger partial charge in [0.15, 0.2) is 18.3 Å². The van der Waals surface area contributed by atoms with E-state index in [9.17, 15) is 130 Å². The van der Waals surface area contributed by atoms with Gasteiger partial charge in [-0.2, -0.15) is 0 Å². The van der Waals surface area contributed by atoms with Crippen LogP contribution in [0.25, 0.3) is 10.4 Å². The first kappa shape index (κ1) is 92.8. The van der Waals surface area contributed by atoms with Crippen molar-refractivity contribution in [1.29, 1.82) is 0 Å². The third-order valence-electron chi connectivity index (χ3n) is 13.7. The minimum Gasteiger partial charge on any atom is -0.542 e. The molecule has 40 heteroatoms. The standard InChI is InChI=1S/C16H26N2O8.C15H22N2O8.C11H16N4O7.C11H18N2O7.4CH4/c1-3-4-5-12(22)17-7-10(21)14(23)15-13(18-8(2)19)9(20)6-11(26-15)16(24)25;1-6(18)17-11-8(19)4-10(15(23)24)25-13(11)12(21)9(20)5-16-14(22)7-2-3-7;1-4(16)14-8-5(17)2-7(11(20)21)22-10(8)9(19)6(18)3-13-15-12;1-4(14)13-8-5(15)2-7(11(18)19)20-10(8)9(17)6(16)3-12;;;;/h6,9-10,13-15,20-21,23H,3-5,7H2,1-2H3,(H,17,22)(H,18,19)(H,24,25);4,7-9,11-13,19-21H,2-3,5H2,1H3,(H,16,22)(H,17,18)(H,23,24);2,5-6,8-10,17-19H,3H2,1H3,(H,14,16)(H,20,21);2,5-6,8-10,15-17H,3,12H2,1H3,(H,13,14)(H,18,19);4*1H4/p-4/t9-,10-,13-,14-,15?;8-,9-,11-,12-,13?;2*5-,6-,8-,9-,10?;;;;/m1111..../s1. The van der Waals surface area contributed by atoms with E-state index < -0.39 is 199 Å². The molecule has 1 aliphatic carbocycles. The fourth-order valence-electron chi connectivity index (χ4n) is 8.88. The van der Waals surface area contributed by atoms with Crippen molar-refractivity contribution in [2.45, 2.75) is 218 Å². The van der Waals surface area contributed by atoms with Gasteiger partial charge in [0, 0.05) is 64.6 Å². The van der Waals surface area contributed by atoms with Crippen LogP contribution in [0.3, 0.4) is 0 Å². The number of hydrogen-bond acceptors (Lipinski definition) is 32. The van der Waals surface area contributed by atoms with Crippen LogP contribution in [-0.4, -0.2) is 269 Å². The summed E-state index contributed by atoms with van der Waals surface area (Å²) in [6.07, 6.45) is -17.8. The van der Waals surface area contributed by atoms with Crippen LogP contribution in [0, 0.1) is 5.92 Å². The summed E-state index contributed by atoms with van der Waals surface area (Å²) in [4.78, 5) is 114. The fraction of sp³-hybridized carbons (Fsp3) is 0.684. The lowest BCUT2D eigenvalue weighted by atomic mass is 9.93. The highest BCUT2D eigenvalue weighted by Crippen LogP contribution is 2.30. The van der Waals surface area contributed by atoms with Gasteiger partial charge in [0.1, 0.15) is 89.6 Å². The molecule has 0 aromatic rings. The molecule has 1 fully saturated rings. The van der Waals surface area contributed by atoms with Crippen LogP contribution in [0.1, 0.15) is 96.4 Å². The Labute approximate surface area is 557 Å². The summed E-state index contributed by atoms with van der Waals surface area (Å²) in [6.45, 7) is 5.15. The Hall–Kier alpha value is -8.35. The lowest BCUT2D eigenvalue weighted by molar-refractivity contribution is -0.306. The molecule has 97 heavy (non-hydrogen) atoms. The molecule has 0 bridgehead atoms. The summed E-state index contributed by atoms with van der Waals surface area (Å²) in [6, 6.07) is -4.73. The highest BCUT2D eigenvalue weighted by molar-refractivity contribution is 5.85. The number of rotatable bonds is 27. The molecule has 40 nitrogen and oxygen atoms in total. The van der Waals surface area contributed by atoms with Crippen molar-refractivity contribution < 1.29 is 149 Å². The summed E-state index contributed by atoms with van der Waals surface area (Å²) >= 11 is 0. The van der Waals surface area contributed by atoms with Crippen LogP contribution >= 0.6 is 0 Å². The van der Waals surface area contributed by atoms with E-state index in [0.29, 0.717) is 6.42 Å². The second-order valence-electron chi connectivity index (χ2n) is 21.3. The smallest absolute Gasteiger partial charge is 0.223 e. The first-order chi connectivity index (χ1) is 43.4. The quantitative estimate of drug-likeness (QED) is 0.0206. The van der Waals surface area contributed by atoms with Gasteiger partial charge in [0.05, 0.1) is 67.3 Å². The Morgan fingerprint density at radius 3 is 1.04 bits per heavy atom. The van der Waals surface area contributed by atoms with E-state index in [-0.39, 0.29) is 73.5 Å². The number of azide groups is 1. The predicted molar refractivity (Wildman–Crippen MR) is 323 cm³/mol. The maximum absolute atomic E-state index is 11.6. The number of amides is 6. The minimum absolute atomic E-state index is 0. The van der Waals surface area contributed by atoms with Crippen molar-refractivity contribution in [1.82, 2.24) is 31.9 Å². The molecule has 5 aliphatic rings. The van der Waals surface area contributed by atoms with Gasteiger partial charge >= 0.3 is 0 Å². The maximum Gasteiger partial charge on any atom is 0.223 e. The third-order valence-corrected chi connectivity index (χ3v) is 13.7. The fourth-order valence-corrected chi connectivity index (χ4v) is 8.88. The van der Waals surface area contributed by atoms with E-state index in [2.05, 4.69) is 41.9 Å². The number of carbonyl (C=O) groups excluding carboxylic acids is 10. The van der Waals surface area contributed by atoms with Gasteiger partial charge in [-0.25, -0.2) is 0 Å². The van der Waals surface area contributed by atoms with Gasteiger partial charge in [-0.1, -0.05) is 48.2 Å². The lowest BCUT2D eigenvalue weighted by Crippen LogP contribution is -2.60.